The summed E-state index contributed by atoms with van der Waals surface area (Å²) in [5.41, 5.74) is -3.93. The summed E-state index contributed by atoms with van der Waals surface area (Å²) >= 11 is 0. The van der Waals surface area contributed by atoms with Crippen LogP contribution in [0.5, 0.6) is 0 Å². The molecule has 7 bridgehead atoms. The summed E-state index contributed by atoms with van der Waals surface area (Å²) in [5, 5.41) is 48.5. The van der Waals surface area contributed by atoms with Gasteiger partial charge in [0.25, 0.3) is 0 Å². The molecule has 1 heterocycles. The van der Waals surface area contributed by atoms with Gasteiger partial charge in [-0.05, 0) is 25.8 Å². The van der Waals surface area contributed by atoms with Gasteiger partial charge in [-0.1, -0.05) is 6.92 Å². The summed E-state index contributed by atoms with van der Waals surface area (Å²) in [5.74, 6) is -1.47. The maximum Gasteiger partial charge on any atom is 0.0832 e. The number of nitrogens with zero attached hydrogens (tertiary/aromatic N) is 1. The van der Waals surface area contributed by atoms with E-state index in [0.29, 0.717) is 25.9 Å². The van der Waals surface area contributed by atoms with Crippen LogP contribution >= 0.6 is 0 Å². The fourth-order valence-electron chi connectivity index (χ4n) is 10.7. The molecule has 4 unspecified atom stereocenters. The predicted octanol–water partition coefficient (Wildman–Crippen LogP) is -0.383. The molecule has 6 aliphatic rings. The first-order chi connectivity index (χ1) is 15.2. The van der Waals surface area contributed by atoms with Crippen LogP contribution < -0.4 is 0 Å². The number of hydrogen-bond acceptors (Lipinski definition) is 8. The molecular weight excluding hydrogens is 414 g/mol. The number of hydrogen-bond donors (Lipinski definition) is 4. The highest BCUT2D eigenvalue weighted by Gasteiger charge is 2.90. The number of aliphatic hydroxyl groups is 4. The summed E-state index contributed by atoms with van der Waals surface area (Å²) in [7, 11) is 5.02. The van der Waals surface area contributed by atoms with Gasteiger partial charge in [0, 0.05) is 74.8 Å². The Morgan fingerprint density at radius 3 is 2.41 bits per heavy atom. The number of methoxy groups -OCH3 is 3. The first kappa shape index (κ1) is 22.2. The first-order valence-corrected chi connectivity index (χ1v) is 12.3. The molecule has 0 aromatic carbocycles. The molecule has 8 heteroatoms. The zero-order valence-corrected chi connectivity index (χ0v) is 19.6. The lowest BCUT2D eigenvalue weighted by atomic mass is 9.41. The Balaban J connectivity index is 1.67. The molecule has 0 radical (unpaired) electrons. The highest BCUT2D eigenvalue weighted by atomic mass is 16.5. The van der Waals surface area contributed by atoms with Crippen LogP contribution in [-0.4, -0.2) is 108 Å². The van der Waals surface area contributed by atoms with E-state index >= 15 is 0 Å². The first-order valence-electron chi connectivity index (χ1n) is 12.3. The minimum atomic E-state index is -1.41. The van der Waals surface area contributed by atoms with Crippen LogP contribution in [0.2, 0.25) is 0 Å². The van der Waals surface area contributed by atoms with Crippen molar-refractivity contribution in [3.63, 3.8) is 0 Å². The number of aliphatic hydroxyl groups excluding tert-OH is 2. The second-order valence-electron chi connectivity index (χ2n) is 11.7. The van der Waals surface area contributed by atoms with Crippen molar-refractivity contribution in [1.29, 1.82) is 0 Å². The van der Waals surface area contributed by atoms with Crippen molar-refractivity contribution in [3.05, 3.63) is 0 Å². The molecule has 0 aromatic heterocycles. The van der Waals surface area contributed by atoms with E-state index in [1.54, 1.807) is 21.3 Å². The molecular formula is C24H39NO7. The van der Waals surface area contributed by atoms with Gasteiger partial charge in [-0.2, -0.15) is 0 Å². The van der Waals surface area contributed by atoms with Crippen molar-refractivity contribution < 1.29 is 34.6 Å². The molecule has 13 atom stereocenters. The largest absolute Gasteiger partial charge is 0.392 e. The molecule has 0 amide bonds. The maximum atomic E-state index is 12.8. The molecule has 5 aliphatic carbocycles. The predicted molar refractivity (Wildman–Crippen MR) is 114 cm³/mol. The van der Waals surface area contributed by atoms with Crippen molar-refractivity contribution in [2.45, 2.75) is 74.3 Å². The molecule has 4 N–H and O–H groups in total. The summed E-state index contributed by atoms with van der Waals surface area (Å²) in [6.45, 7) is 4.18. The van der Waals surface area contributed by atoms with E-state index in [2.05, 4.69) is 11.8 Å². The molecule has 6 fully saturated rings. The lowest BCUT2D eigenvalue weighted by molar-refractivity contribution is -0.325. The van der Waals surface area contributed by atoms with Gasteiger partial charge in [-0.15, -0.1) is 0 Å². The third kappa shape index (κ3) is 2.03. The topological polar surface area (TPSA) is 112 Å². The maximum absolute atomic E-state index is 12.8. The van der Waals surface area contributed by atoms with E-state index < -0.39 is 34.7 Å². The zero-order chi connectivity index (χ0) is 22.8. The summed E-state index contributed by atoms with van der Waals surface area (Å²) in [6.07, 6.45) is -0.229. The highest BCUT2D eigenvalue weighted by molar-refractivity contribution is 5.40. The fraction of sp³-hybridized carbons (Fsp3) is 1.00. The van der Waals surface area contributed by atoms with Gasteiger partial charge in [-0.25, -0.2) is 0 Å². The molecule has 1 spiro atoms. The van der Waals surface area contributed by atoms with Gasteiger partial charge < -0.3 is 34.6 Å². The van der Waals surface area contributed by atoms with Gasteiger partial charge in [0.15, 0.2) is 0 Å². The van der Waals surface area contributed by atoms with Crippen LogP contribution in [0.25, 0.3) is 0 Å². The molecule has 182 valence electrons. The Kier molecular flexibility index (Phi) is 4.62. The van der Waals surface area contributed by atoms with Gasteiger partial charge in [0.2, 0.25) is 0 Å². The number of fused-ring (bicyclic) bond motifs is 2. The van der Waals surface area contributed by atoms with E-state index in [-0.39, 0.29) is 41.4 Å². The Morgan fingerprint density at radius 2 is 1.78 bits per heavy atom. The average Bonchev–Trinajstić information content (AvgIpc) is 3.15. The highest BCUT2D eigenvalue weighted by Crippen LogP contribution is 2.80. The molecule has 32 heavy (non-hydrogen) atoms. The van der Waals surface area contributed by atoms with Crippen molar-refractivity contribution in [2.24, 2.45) is 34.5 Å². The van der Waals surface area contributed by atoms with Crippen molar-refractivity contribution >= 4 is 0 Å². The van der Waals surface area contributed by atoms with Crippen LogP contribution in [0.1, 0.15) is 32.6 Å². The van der Waals surface area contributed by atoms with Crippen molar-refractivity contribution in [2.75, 3.05) is 41.0 Å². The minimum Gasteiger partial charge on any atom is -0.392 e. The molecule has 8 nitrogen and oxygen atoms in total. The molecule has 6 rings (SSSR count). The zero-order valence-electron chi connectivity index (χ0n) is 19.6. The number of likely N-dealkylation sites (tertiary alicyclic amines) is 1. The Hall–Kier alpha value is -0.320. The standard InChI is InChI=1S/C24H39NO7/c1-5-25-10-21(11-30-2)7-6-14(26)24-19(21)17(32-4)15(20(24)25)22(28)9-13(31-3)12-8-23(24,29)18(22)16(12)27/h12-20,26-29H,5-11H2,1-4H3/t12-,13+,14+,15?,16?,17+,18-,19-,20?,21+,22+,23+,24?/m1/s1. The normalized spacial score (nSPS) is 62.4. The van der Waals surface area contributed by atoms with Gasteiger partial charge >= 0.3 is 0 Å². The Bertz CT molecular complexity index is 798. The average molecular weight is 454 g/mol. The Morgan fingerprint density at radius 1 is 1.03 bits per heavy atom. The van der Waals surface area contributed by atoms with Crippen molar-refractivity contribution in [3.8, 4) is 0 Å². The van der Waals surface area contributed by atoms with E-state index in [1.807, 2.05) is 0 Å². The molecule has 0 aromatic rings. The summed E-state index contributed by atoms with van der Waals surface area (Å²) < 4.78 is 17.8. The monoisotopic (exact) mass is 453 g/mol. The van der Waals surface area contributed by atoms with E-state index in [0.717, 1.165) is 19.5 Å². The quantitative estimate of drug-likeness (QED) is 0.446. The third-order valence-electron chi connectivity index (χ3n) is 11.2. The number of piperidine rings is 1. The summed E-state index contributed by atoms with van der Waals surface area (Å²) in [4.78, 5) is 2.37. The number of ether oxygens (including phenoxy) is 3. The minimum absolute atomic E-state index is 0.159. The van der Waals surface area contributed by atoms with Crippen LogP contribution in [0.3, 0.4) is 0 Å². The SMILES string of the molecule is CCN1C[C@]2(COC)CC[C@H](O)C34C1C([C@H](OC)[C@@H]32)[C@@]1(O)C[C@H](OC)[C@H]2C[C@]4(O)[C@@H]1C2O. The smallest absolute Gasteiger partial charge is 0.0832 e. The lowest BCUT2D eigenvalue weighted by Gasteiger charge is -2.71. The third-order valence-corrected chi connectivity index (χ3v) is 11.2. The van der Waals surface area contributed by atoms with Crippen LogP contribution in [-0.2, 0) is 14.2 Å². The molecule has 5 saturated carbocycles. The van der Waals surface area contributed by atoms with Crippen molar-refractivity contribution in [1.82, 2.24) is 4.90 Å². The second kappa shape index (κ2) is 6.66. The Labute approximate surface area is 189 Å². The second-order valence-corrected chi connectivity index (χ2v) is 11.7. The molecule has 1 saturated heterocycles. The number of rotatable bonds is 5. The lowest BCUT2D eigenvalue weighted by Crippen LogP contribution is -2.82. The summed E-state index contributed by atoms with van der Waals surface area (Å²) in [6, 6.07) is -0.226. The van der Waals surface area contributed by atoms with E-state index in [1.165, 1.54) is 0 Å². The van der Waals surface area contributed by atoms with E-state index in [9.17, 15) is 20.4 Å². The van der Waals surface area contributed by atoms with Gasteiger partial charge in [-0.3, -0.25) is 4.90 Å². The van der Waals surface area contributed by atoms with Gasteiger partial charge in [0.1, 0.15) is 0 Å². The van der Waals surface area contributed by atoms with Gasteiger partial charge in [0.05, 0.1) is 42.2 Å². The van der Waals surface area contributed by atoms with Crippen LogP contribution in [0.15, 0.2) is 0 Å². The van der Waals surface area contributed by atoms with Crippen LogP contribution in [0.4, 0.5) is 0 Å². The fourth-order valence-corrected chi connectivity index (χ4v) is 10.7. The van der Waals surface area contributed by atoms with Crippen LogP contribution in [0, 0.1) is 34.5 Å². The van der Waals surface area contributed by atoms with E-state index in [4.69, 9.17) is 14.2 Å². The molecule has 1 aliphatic heterocycles.